The molecule has 3 heterocycles. The summed E-state index contributed by atoms with van der Waals surface area (Å²) < 4.78 is 1.01. The van der Waals surface area contributed by atoms with Gasteiger partial charge in [0, 0.05) is 52.7 Å². The summed E-state index contributed by atoms with van der Waals surface area (Å²) in [4.78, 5) is 22.4. The number of fused-ring (bicyclic) bond motifs is 2. The zero-order valence-corrected chi connectivity index (χ0v) is 22.6. The van der Waals surface area contributed by atoms with Crippen LogP contribution in [-0.4, -0.2) is 53.4 Å². The normalized spacial score (nSPS) is 21.6. The molecular weight excluding hydrogens is 533 g/mol. The molecule has 1 aromatic carbocycles. The minimum atomic E-state index is 0.135. The van der Waals surface area contributed by atoms with Crippen LogP contribution >= 0.6 is 39.1 Å². The van der Waals surface area contributed by atoms with Crippen molar-refractivity contribution in [3.05, 3.63) is 61.3 Å². The highest BCUT2D eigenvalue weighted by atomic mass is 79.9. The quantitative estimate of drug-likeness (QED) is 0.425. The van der Waals surface area contributed by atoms with Gasteiger partial charge in [0.25, 0.3) is 0 Å². The molecule has 1 unspecified atom stereocenters. The number of hydrogen-bond donors (Lipinski definition) is 0. The zero-order chi connectivity index (χ0) is 23.7. The smallest absolute Gasteiger partial charge is 0.223 e. The second kappa shape index (κ2) is 10.9. The van der Waals surface area contributed by atoms with Crippen molar-refractivity contribution in [3.63, 3.8) is 0 Å². The van der Waals surface area contributed by atoms with Crippen LogP contribution in [0.5, 0.6) is 0 Å². The van der Waals surface area contributed by atoms with Gasteiger partial charge in [0.05, 0.1) is 5.69 Å². The third kappa shape index (κ3) is 5.33. The van der Waals surface area contributed by atoms with Gasteiger partial charge in [-0.1, -0.05) is 29.6 Å². The third-order valence-corrected chi connectivity index (χ3v) is 8.84. The molecular formula is C27H32BrCl2N3O. The number of hydrogen-bond acceptors (Lipinski definition) is 3. The fraction of sp³-hybridized carbons (Fsp3) is 0.556. The standard InChI is InChI=1S/C27H32BrCl2N3O/c28-21-14-20-5-4-19-15-22(29)16-23(30)25(19)26(27(20)31-17-21)18-6-12-33(13-7-18)24(34)8-11-32-9-2-1-3-10-32/h14-18,26H,1-13H2. The Hall–Kier alpha value is -1.14. The molecule has 2 fully saturated rings. The first-order valence-corrected chi connectivity index (χ1v) is 14.2. The summed E-state index contributed by atoms with van der Waals surface area (Å²) >= 11 is 16.8. The molecule has 1 aromatic heterocycles. The van der Waals surface area contributed by atoms with Crippen molar-refractivity contribution in [1.29, 1.82) is 0 Å². The molecule has 0 spiro atoms. The van der Waals surface area contributed by atoms with Crippen LogP contribution in [0.3, 0.4) is 0 Å². The lowest BCUT2D eigenvalue weighted by Gasteiger charge is -2.37. The number of piperidine rings is 2. The highest BCUT2D eigenvalue weighted by molar-refractivity contribution is 9.10. The first-order valence-electron chi connectivity index (χ1n) is 12.6. The summed E-state index contributed by atoms with van der Waals surface area (Å²) in [6, 6.07) is 6.16. The van der Waals surface area contributed by atoms with Crippen molar-refractivity contribution in [2.24, 2.45) is 5.92 Å². The van der Waals surface area contributed by atoms with Gasteiger partial charge in [-0.2, -0.15) is 0 Å². The topological polar surface area (TPSA) is 36.4 Å². The van der Waals surface area contributed by atoms with E-state index in [0.29, 0.717) is 23.3 Å². The van der Waals surface area contributed by atoms with Crippen LogP contribution in [0.15, 0.2) is 28.9 Å². The lowest BCUT2D eigenvalue weighted by atomic mass is 9.76. The molecule has 3 aliphatic rings. The van der Waals surface area contributed by atoms with Crippen molar-refractivity contribution in [2.45, 2.75) is 57.3 Å². The predicted molar refractivity (Wildman–Crippen MR) is 142 cm³/mol. The fourth-order valence-electron chi connectivity index (χ4n) is 6.11. The fourth-order valence-corrected chi connectivity index (χ4v) is 7.14. The van der Waals surface area contributed by atoms with Gasteiger partial charge in [0.2, 0.25) is 5.91 Å². The first kappa shape index (κ1) is 24.5. The van der Waals surface area contributed by atoms with E-state index >= 15 is 0 Å². The van der Waals surface area contributed by atoms with Crippen LogP contribution in [0.2, 0.25) is 10.0 Å². The molecule has 1 atom stereocenters. The molecule has 182 valence electrons. The number of amides is 1. The van der Waals surface area contributed by atoms with Crippen molar-refractivity contribution in [3.8, 4) is 0 Å². The predicted octanol–water partition coefficient (Wildman–Crippen LogP) is 6.50. The maximum Gasteiger partial charge on any atom is 0.223 e. The molecule has 0 N–H and O–H groups in total. The molecule has 4 nitrogen and oxygen atoms in total. The minimum absolute atomic E-state index is 0.135. The van der Waals surface area contributed by atoms with Crippen LogP contribution in [0.1, 0.15) is 66.8 Å². The maximum atomic E-state index is 13.0. The molecule has 0 bridgehead atoms. The van der Waals surface area contributed by atoms with E-state index in [1.165, 1.54) is 36.0 Å². The number of benzene rings is 1. The zero-order valence-electron chi connectivity index (χ0n) is 19.5. The van der Waals surface area contributed by atoms with Crippen LogP contribution < -0.4 is 0 Å². The van der Waals surface area contributed by atoms with Gasteiger partial charge >= 0.3 is 0 Å². The number of carbonyl (C=O) groups is 1. The molecule has 1 amide bonds. The molecule has 2 saturated heterocycles. The number of likely N-dealkylation sites (tertiary alicyclic amines) is 2. The van der Waals surface area contributed by atoms with E-state index in [-0.39, 0.29) is 5.92 Å². The minimum Gasteiger partial charge on any atom is -0.343 e. The molecule has 34 heavy (non-hydrogen) atoms. The Balaban J connectivity index is 1.33. The number of halogens is 3. The third-order valence-electron chi connectivity index (χ3n) is 7.87. The molecule has 1 aliphatic carbocycles. The Bertz CT molecular complexity index is 1050. The number of carbonyl (C=O) groups excluding carboxylic acids is 1. The van der Waals surface area contributed by atoms with E-state index in [1.807, 2.05) is 12.3 Å². The van der Waals surface area contributed by atoms with E-state index in [2.05, 4.69) is 37.9 Å². The van der Waals surface area contributed by atoms with Crippen molar-refractivity contribution >= 4 is 45.0 Å². The summed E-state index contributed by atoms with van der Waals surface area (Å²) in [6.07, 6.45) is 10.2. The average Bonchev–Trinajstić information content (AvgIpc) is 3.00. The second-order valence-electron chi connectivity index (χ2n) is 10.0. The lowest BCUT2D eigenvalue weighted by Crippen LogP contribution is -2.42. The maximum absolute atomic E-state index is 13.0. The SMILES string of the molecule is O=C(CCN1CCCCC1)N1CCC(C2c3ncc(Br)cc3CCc3cc(Cl)cc(Cl)c32)CC1. The van der Waals surface area contributed by atoms with Gasteiger partial charge in [-0.3, -0.25) is 9.78 Å². The van der Waals surface area contributed by atoms with Gasteiger partial charge in [-0.05, 0) is 108 Å². The van der Waals surface area contributed by atoms with Gasteiger partial charge in [0.1, 0.15) is 0 Å². The lowest BCUT2D eigenvalue weighted by molar-refractivity contribution is -0.133. The van der Waals surface area contributed by atoms with Crippen LogP contribution in [0.4, 0.5) is 0 Å². The molecule has 2 aromatic rings. The summed E-state index contributed by atoms with van der Waals surface area (Å²) in [5, 5.41) is 1.43. The van der Waals surface area contributed by atoms with Crippen molar-refractivity contribution in [1.82, 2.24) is 14.8 Å². The van der Waals surface area contributed by atoms with E-state index in [1.54, 1.807) is 0 Å². The van der Waals surface area contributed by atoms with Crippen molar-refractivity contribution in [2.75, 3.05) is 32.7 Å². The Morgan fingerprint density at radius 2 is 1.74 bits per heavy atom. The summed E-state index contributed by atoms with van der Waals surface area (Å²) in [5.74, 6) is 0.836. The molecule has 2 aliphatic heterocycles. The Morgan fingerprint density at radius 1 is 1.00 bits per heavy atom. The Kier molecular flexibility index (Phi) is 7.84. The van der Waals surface area contributed by atoms with E-state index in [4.69, 9.17) is 28.2 Å². The number of aryl methyl sites for hydroxylation is 2. The van der Waals surface area contributed by atoms with E-state index in [0.717, 1.165) is 73.6 Å². The van der Waals surface area contributed by atoms with E-state index < -0.39 is 0 Å². The number of rotatable bonds is 4. The average molecular weight is 565 g/mol. The Labute approximate surface area is 221 Å². The van der Waals surface area contributed by atoms with Gasteiger partial charge in [-0.15, -0.1) is 0 Å². The van der Waals surface area contributed by atoms with E-state index in [9.17, 15) is 4.79 Å². The summed E-state index contributed by atoms with van der Waals surface area (Å²) in [7, 11) is 0. The highest BCUT2D eigenvalue weighted by Gasteiger charge is 2.36. The first-order chi connectivity index (χ1) is 16.5. The van der Waals surface area contributed by atoms with Gasteiger partial charge in [-0.25, -0.2) is 0 Å². The highest BCUT2D eigenvalue weighted by Crippen LogP contribution is 2.46. The number of aromatic nitrogens is 1. The van der Waals surface area contributed by atoms with Crippen LogP contribution in [-0.2, 0) is 17.6 Å². The second-order valence-corrected chi connectivity index (χ2v) is 11.8. The summed E-state index contributed by atoms with van der Waals surface area (Å²) in [6.45, 7) is 4.81. The number of pyridine rings is 1. The molecule has 0 saturated carbocycles. The van der Waals surface area contributed by atoms with Crippen LogP contribution in [0, 0.1) is 5.92 Å². The van der Waals surface area contributed by atoms with Gasteiger partial charge in [0.15, 0.2) is 0 Å². The molecule has 7 heteroatoms. The van der Waals surface area contributed by atoms with Gasteiger partial charge < -0.3 is 9.80 Å². The largest absolute Gasteiger partial charge is 0.343 e. The Morgan fingerprint density at radius 3 is 2.50 bits per heavy atom. The monoisotopic (exact) mass is 563 g/mol. The summed E-state index contributed by atoms with van der Waals surface area (Å²) in [5.41, 5.74) is 4.84. The van der Waals surface area contributed by atoms with Crippen molar-refractivity contribution < 1.29 is 4.79 Å². The molecule has 5 rings (SSSR count). The van der Waals surface area contributed by atoms with Crippen LogP contribution in [0.25, 0.3) is 0 Å². The molecule has 0 radical (unpaired) electrons. The number of nitrogens with zero attached hydrogens (tertiary/aromatic N) is 3.